The van der Waals surface area contributed by atoms with Gasteiger partial charge in [-0.2, -0.15) is 0 Å². The molecular weight excluding hydrogens is 118 g/mol. The molecule has 1 heterocycles. The van der Waals surface area contributed by atoms with Crippen LogP contribution in [0.2, 0.25) is 0 Å². The van der Waals surface area contributed by atoms with E-state index in [9.17, 15) is 4.79 Å². The molecule has 0 radical (unpaired) electrons. The van der Waals surface area contributed by atoms with Gasteiger partial charge in [0, 0.05) is 13.0 Å². The number of cyclic esters (lactones) is 1. The molecular formula is C6H11NO2. The molecule has 52 valence electrons. The molecule has 0 aromatic heterocycles. The van der Waals surface area contributed by atoms with E-state index >= 15 is 0 Å². The van der Waals surface area contributed by atoms with E-state index < -0.39 is 0 Å². The topological polar surface area (TPSA) is 52.3 Å². The second-order valence-corrected chi connectivity index (χ2v) is 2.24. The lowest BCUT2D eigenvalue weighted by molar-refractivity contribution is -0.152. The van der Waals surface area contributed by atoms with E-state index in [2.05, 4.69) is 0 Å². The van der Waals surface area contributed by atoms with E-state index in [0.717, 1.165) is 12.8 Å². The summed E-state index contributed by atoms with van der Waals surface area (Å²) in [5.41, 5.74) is 5.29. The SMILES string of the molecule is NC[C@H]1CCCC(=O)O1. The maximum Gasteiger partial charge on any atom is 0.306 e. The lowest BCUT2D eigenvalue weighted by Crippen LogP contribution is -2.30. The molecule has 3 nitrogen and oxygen atoms in total. The summed E-state index contributed by atoms with van der Waals surface area (Å²) in [6.45, 7) is 0.464. The van der Waals surface area contributed by atoms with Crippen molar-refractivity contribution < 1.29 is 9.53 Å². The van der Waals surface area contributed by atoms with Gasteiger partial charge in [-0.3, -0.25) is 4.79 Å². The Labute approximate surface area is 54.2 Å². The van der Waals surface area contributed by atoms with Crippen LogP contribution in [0, 0.1) is 0 Å². The van der Waals surface area contributed by atoms with Crippen LogP contribution >= 0.6 is 0 Å². The van der Waals surface area contributed by atoms with Crippen LogP contribution in [0.4, 0.5) is 0 Å². The molecule has 1 atom stereocenters. The van der Waals surface area contributed by atoms with Crippen molar-refractivity contribution >= 4 is 5.97 Å². The van der Waals surface area contributed by atoms with Gasteiger partial charge in [-0.05, 0) is 12.8 Å². The number of ether oxygens (including phenoxy) is 1. The molecule has 0 aromatic rings. The molecule has 1 aliphatic rings. The average molecular weight is 129 g/mol. The highest BCUT2D eigenvalue weighted by molar-refractivity contribution is 5.70. The average Bonchev–Trinajstić information content (AvgIpc) is 1.88. The minimum absolute atomic E-state index is 0.00810. The molecule has 9 heavy (non-hydrogen) atoms. The van der Waals surface area contributed by atoms with E-state index in [1.807, 2.05) is 0 Å². The Morgan fingerprint density at radius 3 is 3.00 bits per heavy atom. The Bertz CT molecular complexity index is 114. The minimum atomic E-state index is -0.100. The van der Waals surface area contributed by atoms with Gasteiger partial charge in [-0.1, -0.05) is 0 Å². The van der Waals surface area contributed by atoms with Crippen LogP contribution in [0.15, 0.2) is 0 Å². The smallest absolute Gasteiger partial charge is 0.306 e. The Kier molecular flexibility index (Phi) is 2.05. The van der Waals surface area contributed by atoms with Crippen LogP contribution in [0.1, 0.15) is 19.3 Å². The van der Waals surface area contributed by atoms with E-state index in [1.54, 1.807) is 0 Å². The van der Waals surface area contributed by atoms with Crippen LogP contribution in [0.25, 0.3) is 0 Å². The molecule has 0 aromatic carbocycles. The molecule has 0 bridgehead atoms. The highest BCUT2D eigenvalue weighted by Gasteiger charge is 2.17. The van der Waals surface area contributed by atoms with E-state index in [4.69, 9.17) is 10.5 Å². The zero-order chi connectivity index (χ0) is 6.69. The zero-order valence-corrected chi connectivity index (χ0v) is 5.30. The van der Waals surface area contributed by atoms with Gasteiger partial charge in [-0.25, -0.2) is 0 Å². The molecule has 0 aliphatic carbocycles. The number of rotatable bonds is 1. The molecule has 0 unspecified atom stereocenters. The first-order valence-electron chi connectivity index (χ1n) is 3.22. The second kappa shape index (κ2) is 2.82. The largest absolute Gasteiger partial charge is 0.461 e. The van der Waals surface area contributed by atoms with Gasteiger partial charge in [0.05, 0.1) is 0 Å². The lowest BCUT2D eigenvalue weighted by Gasteiger charge is -2.19. The maximum absolute atomic E-state index is 10.6. The summed E-state index contributed by atoms with van der Waals surface area (Å²) in [6, 6.07) is 0. The summed E-state index contributed by atoms with van der Waals surface area (Å²) in [4.78, 5) is 10.6. The molecule has 3 heteroatoms. The standard InChI is InChI=1S/C6H11NO2/c7-4-5-2-1-3-6(8)9-5/h5H,1-4,7H2/t5-/m1/s1. The molecule has 1 aliphatic heterocycles. The number of esters is 1. The van der Waals surface area contributed by atoms with Gasteiger partial charge in [0.25, 0.3) is 0 Å². The molecule has 1 fully saturated rings. The number of hydrogen-bond donors (Lipinski definition) is 1. The number of carbonyl (C=O) groups is 1. The summed E-state index contributed by atoms with van der Waals surface area (Å²) >= 11 is 0. The third-order valence-corrected chi connectivity index (χ3v) is 1.47. The first kappa shape index (κ1) is 6.55. The van der Waals surface area contributed by atoms with E-state index in [0.29, 0.717) is 13.0 Å². The Hall–Kier alpha value is -0.570. The van der Waals surface area contributed by atoms with Crippen LogP contribution < -0.4 is 5.73 Å². The Morgan fingerprint density at radius 1 is 1.78 bits per heavy atom. The van der Waals surface area contributed by atoms with Crippen molar-refractivity contribution in [1.29, 1.82) is 0 Å². The fraction of sp³-hybridized carbons (Fsp3) is 0.833. The minimum Gasteiger partial charge on any atom is -0.461 e. The van der Waals surface area contributed by atoms with Crippen LogP contribution in [-0.2, 0) is 9.53 Å². The van der Waals surface area contributed by atoms with Crippen molar-refractivity contribution in [3.05, 3.63) is 0 Å². The zero-order valence-electron chi connectivity index (χ0n) is 5.30. The Balaban J connectivity index is 2.32. The molecule has 2 N–H and O–H groups in total. The van der Waals surface area contributed by atoms with Gasteiger partial charge < -0.3 is 10.5 Å². The molecule has 0 amide bonds. The summed E-state index contributed by atoms with van der Waals surface area (Å²) in [5.74, 6) is -0.100. The van der Waals surface area contributed by atoms with Crippen LogP contribution in [0.3, 0.4) is 0 Å². The fourth-order valence-corrected chi connectivity index (χ4v) is 0.944. The van der Waals surface area contributed by atoms with Gasteiger partial charge in [-0.15, -0.1) is 0 Å². The van der Waals surface area contributed by atoms with Gasteiger partial charge >= 0.3 is 5.97 Å². The maximum atomic E-state index is 10.6. The summed E-state index contributed by atoms with van der Waals surface area (Å²) in [6.07, 6.45) is 2.42. The number of carbonyl (C=O) groups excluding carboxylic acids is 1. The highest BCUT2D eigenvalue weighted by Crippen LogP contribution is 2.12. The van der Waals surface area contributed by atoms with Crippen molar-refractivity contribution in [3.8, 4) is 0 Å². The van der Waals surface area contributed by atoms with Crippen molar-refractivity contribution in [2.24, 2.45) is 5.73 Å². The molecule has 0 saturated carbocycles. The van der Waals surface area contributed by atoms with Crippen molar-refractivity contribution in [1.82, 2.24) is 0 Å². The first-order valence-corrected chi connectivity index (χ1v) is 3.22. The van der Waals surface area contributed by atoms with Gasteiger partial charge in [0.2, 0.25) is 0 Å². The quantitative estimate of drug-likeness (QED) is 0.508. The second-order valence-electron chi connectivity index (χ2n) is 2.24. The predicted octanol–water partition coefficient (Wildman–Crippen LogP) is 0.0408. The molecule has 0 spiro atoms. The van der Waals surface area contributed by atoms with Gasteiger partial charge in [0.1, 0.15) is 6.10 Å². The predicted molar refractivity (Wildman–Crippen MR) is 32.8 cm³/mol. The highest BCUT2D eigenvalue weighted by atomic mass is 16.5. The summed E-state index contributed by atoms with van der Waals surface area (Å²) in [7, 11) is 0. The Morgan fingerprint density at radius 2 is 2.56 bits per heavy atom. The lowest BCUT2D eigenvalue weighted by atomic mass is 10.1. The monoisotopic (exact) mass is 129 g/mol. The number of nitrogens with two attached hydrogens (primary N) is 1. The van der Waals surface area contributed by atoms with E-state index in [-0.39, 0.29) is 12.1 Å². The number of hydrogen-bond acceptors (Lipinski definition) is 3. The van der Waals surface area contributed by atoms with Crippen molar-refractivity contribution in [2.45, 2.75) is 25.4 Å². The third-order valence-electron chi connectivity index (χ3n) is 1.47. The summed E-state index contributed by atoms with van der Waals surface area (Å²) in [5, 5.41) is 0. The fourth-order valence-electron chi connectivity index (χ4n) is 0.944. The van der Waals surface area contributed by atoms with Crippen molar-refractivity contribution in [2.75, 3.05) is 6.54 Å². The van der Waals surface area contributed by atoms with Crippen LogP contribution in [0.5, 0.6) is 0 Å². The molecule has 1 rings (SSSR count). The van der Waals surface area contributed by atoms with Crippen molar-refractivity contribution in [3.63, 3.8) is 0 Å². The van der Waals surface area contributed by atoms with Crippen LogP contribution in [-0.4, -0.2) is 18.6 Å². The third kappa shape index (κ3) is 1.68. The first-order chi connectivity index (χ1) is 4.33. The van der Waals surface area contributed by atoms with Gasteiger partial charge in [0.15, 0.2) is 0 Å². The summed E-state index contributed by atoms with van der Waals surface area (Å²) < 4.78 is 4.87. The molecule has 1 saturated heterocycles. The van der Waals surface area contributed by atoms with E-state index in [1.165, 1.54) is 0 Å². The normalized spacial score (nSPS) is 27.7.